The van der Waals surface area contributed by atoms with Gasteiger partial charge in [0.15, 0.2) is 6.73 Å². The molecule has 0 radical (unpaired) electrons. The average Bonchev–Trinajstić information content (AvgIpc) is 2.64. The van der Waals surface area contributed by atoms with Crippen molar-refractivity contribution in [3.05, 3.63) is 29.8 Å². The fourth-order valence-electron chi connectivity index (χ4n) is 2.94. The van der Waals surface area contributed by atoms with Gasteiger partial charge in [-0.15, -0.1) is 0 Å². The molecule has 27 heavy (non-hydrogen) atoms. The zero-order valence-corrected chi connectivity index (χ0v) is 18.4. The Kier molecular flexibility index (Phi) is 13.6. The van der Waals surface area contributed by atoms with Crippen LogP contribution in [0.1, 0.15) is 71.3 Å². The average molecular weight is 402 g/mol. The molecule has 6 heteroatoms. The summed E-state index contributed by atoms with van der Waals surface area (Å²) in [4.78, 5) is -0.178. The molecule has 0 unspecified atom stereocenters. The van der Waals surface area contributed by atoms with E-state index in [0.29, 0.717) is 6.73 Å². The Hall–Kier alpha value is -0.950. The number of hydrogen-bond acceptors (Lipinski definition) is 4. The second kappa shape index (κ2) is 14.1. The first-order chi connectivity index (χ1) is 12.7. The Morgan fingerprint density at radius 2 is 1.30 bits per heavy atom. The largest absolute Gasteiger partial charge is 0.744 e. The molecule has 158 valence electrons. The van der Waals surface area contributed by atoms with Gasteiger partial charge in [-0.1, -0.05) is 57.7 Å². The zero-order chi connectivity index (χ0) is 20.8. The minimum atomic E-state index is -4.27. The van der Waals surface area contributed by atoms with Crippen molar-refractivity contribution in [3.8, 4) is 0 Å². The van der Waals surface area contributed by atoms with Crippen molar-refractivity contribution in [2.45, 2.75) is 77.5 Å². The summed E-state index contributed by atoms with van der Waals surface area (Å²) in [5.74, 6) is 0. The molecule has 0 saturated heterocycles. The third-order valence-corrected chi connectivity index (χ3v) is 5.67. The van der Waals surface area contributed by atoms with Gasteiger partial charge in [0.1, 0.15) is 10.1 Å². The Labute approximate surface area is 166 Å². The summed E-state index contributed by atoms with van der Waals surface area (Å²) < 4.78 is 32.1. The van der Waals surface area contributed by atoms with Crippen LogP contribution in [0.5, 0.6) is 0 Å². The van der Waals surface area contributed by atoms with Crippen LogP contribution >= 0.6 is 0 Å². The van der Waals surface area contributed by atoms with E-state index >= 15 is 0 Å². The van der Waals surface area contributed by atoms with E-state index in [0.717, 1.165) is 23.1 Å². The van der Waals surface area contributed by atoms with Crippen LogP contribution in [0.25, 0.3) is 0 Å². The first-order valence-corrected chi connectivity index (χ1v) is 11.6. The summed E-state index contributed by atoms with van der Waals surface area (Å²) in [5.41, 5.74) is 0.928. The fraction of sp³-hybridized carbons (Fsp3) is 0.714. The lowest BCUT2D eigenvalue weighted by molar-refractivity contribution is -0.945. The number of aliphatic hydroxyl groups is 1. The third kappa shape index (κ3) is 11.5. The summed E-state index contributed by atoms with van der Waals surface area (Å²) in [6.45, 7) is 12.4. The monoisotopic (exact) mass is 401 g/mol. The van der Waals surface area contributed by atoms with Crippen LogP contribution < -0.4 is 0 Å². The van der Waals surface area contributed by atoms with Gasteiger partial charge in [0, 0.05) is 0 Å². The second-order valence-electron chi connectivity index (χ2n) is 7.34. The Balaban J connectivity index is 0.000000533. The van der Waals surface area contributed by atoms with Crippen LogP contribution in [0, 0.1) is 6.92 Å². The van der Waals surface area contributed by atoms with E-state index in [1.54, 1.807) is 12.1 Å². The minimum absolute atomic E-state index is 0.178. The fourth-order valence-corrected chi connectivity index (χ4v) is 3.41. The van der Waals surface area contributed by atoms with Crippen molar-refractivity contribution in [1.29, 1.82) is 0 Å². The number of unbranched alkanes of at least 4 members (excludes halogenated alkanes) is 4. The van der Waals surface area contributed by atoms with Crippen molar-refractivity contribution in [2.75, 3.05) is 26.4 Å². The quantitative estimate of drug-likeness (QED) is 0.243. The standard InChI is InChI=1S/C14H32NO.C7H8O3S/c1-4-7-10-13-15(14-16,11-8-5-2)12-9-6-3;1-6-2-4-7(5-3-6)11(8,9)10/h16H,4-14H2,1-3H3;2-5H,1H3,(H,8,9,10)/q+1;/p-1. The van der Waals surface area contributed by atoms with Crippen molar-refractivity contribution < 1.29 is 22.6 Å². The molecule has 0 aliphatic heterocycles. The lowest BCUT2D eigenvalue weighted by Gasteiger charge is -2.37. The highest BCUT2D eigenvalue weighted by molar-refractivity contribution is 7.85. The van der Waals surface area contributed by atoms with Gasteiger partial charge in [-0.25, -0.2) is 8.42 Å². The maximum Gasteiger partial charge on any atom is 0.180 e. The normalized spacial score (nSPS) is 11.8. The molecule has 1 aromatic carbocycles. The molecule has 0 amide bonds. The van der Waals surface area contributed by atoms with E-state index < -0.39 is 10.1 Å². The Morgan fingerprint density at radius 3 is 1.67 bits per heavy atom. The zero-order valence-electron chi connectivity index (χ0n) is 17.6. The molecule has 0 saturated carbocycles. The van der Waals surface area contributed by atoms with Gasteiger partial charge in [0.05, 0.1) is 24.5 Å². The van der Waals surface area contributed by atoms with Crippen LogP contribution in [-0.4, -0.2) is 48.9 Å². The second-order valence-corrected chi connectivity index (χ2v) is 8.71. The van der Waals surface area contributed by atoms with Gasteiger partial charge in [0.25, 0.3) is 0 Å². The number of nitrogens with zero attached hydrogens (tertiary/aromatic N) is 1. The van der Waals surface area contributed by atoms with Gasteiger partial charge in [-0.3, -0.25) is 0 Å². The van der Waals surface area contributed by atoms with Crippen molar-refractivity contribution in [1.82, 2.24) is 0 Å². The van der Waals surface area contributed by atoms with E-state index in [1.807, 2.05) is 6.92 Å². The molecular formula is C21H39NO4S. The lowest BCUT2D eigenvalue weighted by Crippen LogP contribution is -2.50. The first-order valence-electron chi connectivity index (χ1n) is 10.2. The van der Waals surface area contributed by atoms with Gasteiger partial charge in [-0.2, -0.15) is 0 Å². The van der Waals surface area contributed by atoms with Crippen LogP contribution in [0.2, 0.25) is 0 Å². The van der Waals surface area contributed by atoms with E-state index in [1.165, 1.54) is 63.6 Å². The smallest absolute Gasteiger partial charge is 0.180 e. The van der Waals surface area contributed by atoms with Gasteiger partial charge >= 0.3 is 0 Å². The highest BCUT2D eigenvalue weighted by Gasteiger charge is 2.24. The minimum Gasteiger partial charge on any atom is -0.744 e. The summed E-state index contributed by atoms with van der Waals surface area (Å²) in [6.07, 6.45) is 8.81. The van der Waals surface area contributed by atoms with E-state index in [-0.39, 0.29) is 4.90 Å². The molecule has 5 nitrogen and oxygen atoms in total. The molecule has 0 spiro atoms. The molecule has 0 aromatic heterocycles. The number of quaternary nitrogens is 1. The van der Waals surface area contributed by atoms with Crippen LogP contribution in [0.3, 0.4) is 0 Å². The molecule has 0 atom stereocenters. The van der Waals surface area contributed by atoms with Crippen molar-refractivity contribution in [3.63, 3.8) is 0 Å². The summed E-state index contributed by atoms with van der Waals surface area (Å²) in [6, 6.07) is 5.78. The number of aliphatic hydroxyl groups excluding tert-OH is 1. The maximum absolute atomic E-state index is 10.4. The van der Waals surface area contributed by atoms with Gasteiger partial charge < -0.3 is 14.1 Å². The highest BCUT2D eigenvalue weighted by atomic mass is 32.2. The maximum atomic E-state index is 10.4. The molecular weight excluding hydrogens is 362 g/mol. The number of hydrogen-bond donors (Lipinski definition) is 1. The van der Waals surface area contributed by atoms with E-state index in [9.17, 15) is 18.1 Å². The molecule has 0 bridgehead atoms. The number of rotatable bonds is 12. The molecule has 1 N–H and O–H groups in total. The summed E-state index contributed by atoms with van der Waals surface area (Å²) in [5, 5.41) is 9.70. The van der Waals surface area contributed by atoms with Crippen LogP contribution in [0.4, 0.5) is 0 Å². The van der Waals surface area contributed by atoms with Gasteiger partial charge in [0.2, 0.25) is 0 Å². The molecule has 0 aliphatic rings. The van der Waals surface area contributed by atoms with Crippen LogP contribution in [-0.2, 0) is 10.1 Å². The van der Waals surface area contributed by atoms with Crippen molar-refractivity contribution in [2.24, 2.45) is 0 Å². The summed E-state index contributed by atoms with van der Waals surface area (Å²) in [7, 11) is -4.27. The Bertz CT molecular complexity index is 577. The first kappa shape index (κ1) is 26.1. The Morgan fingerprint density at radius 1 is 0.852 bits per heavy atom. The third-order valence-electron chi connectivity index (χ3n) is 4.82. The number of aryl methyl sites for hydroxylation is 1. The predicted molar refractivity (Wildman–Crippen MR) is 110 cm³/mol. The molecule has 0 aliphatic carbocycles. The van der Waals surface area contributed by atoms with Crippen molar-refractivity contribution >= 4 is 10.1 Å². The molecule has 0 heterocycles. The molecule has 1 aromatic rings. The SMILES string of the molecule is CCCCC[N+](CO)(CCCC)CCCC.Cc1ccc(S(=O)(=O)[O-])cc1. The van der Waals surface area contributed by atoms with E-state index in [4.69, 9.17) is 0 Å². The van der Waals surface area contributed by atoms with E-state index in [2.05, 4.69) is 20.8 Å². The lowest BCUT2D eigenvalue weighted by atomic mass is 10.1. The molecule has 1 rings (SSSR count). The number of benzene rings is 1. The summed E-state index contributed by atoms with van der Waals surface area (Å²) >= 11 is 0. The topological polar surface area (TPSA) is 77.4 Å². The van der Waals surface area contributed by atoms with Gasteiger partial charge in [-0.05, 0) is 44.7 Å². The molecule has 0 fully saturated rings. The predicted octanol–water partition coefficient (Wildman–Crippen LogP) is 4.44. The van der Waals surface area contributed by atoms with Crippen LogP contribution in [0.15, 0.2) is 29.2 Å². The highest BCUT2D eigenvalue weighted by Crippen LogP contribution is 2.14.